The lowest BCUT2D eigenvalue weighted by molar-refractivity contribution is 0.446. The summed E-state index contributed by atoms with van der Waals surface area (Å²) in [5.41, 5.74) is 14.5. The second-order valence-corrected chi connectivity index (χ2v) is 20.9. The van der Waals surface area contributed by atoms with Crippen LogP contribution in [0.1, 0.15) is 77.6 Å². The molecule has 0 saturated carbocycles. The summed E-state index contributed by atoms with van der Waals surface area (Å²) >= 11 is 0. The average Bonchev–Trinajstić information content (AvgIpc) is 3.92. The van der Waals surface area contributed by atoms with Gasteiger partial charge in [-0.05, 0) is 91.9 Å². The molecular formula is C63H55N3O2. The fourth-order valence-corrected chi connectivity index (χ4v) is 10.0. The second-order valence-electron chi connectivity index (χ2n) is 20.9. The molecule has 334 valence electrons. The van der Waals surface area contributed by atoms with Crippen molar-refractivity contribution in [2.75, 3.05) is 0 Å². The summed E-state index contributed by atoms with van der Waals surface area (Å²) in [6.45, 7) is 17.8. The number of imidazole rings is 1. The molecule has 68 heavy (non-hydrogen) atoms. The molecule has 0 saturated heterocycles. The molecule has 0 aliphatic heterocycles. The third kappa shape index (κ3) is 7.25. The molecular weight excluding hydrogens is 831 g/mol. The highest BCUT2D eigenvalue weighted by molar-refractivity contribution is 6.19. The van der Waals surface area contributed by atoms with Gasteiger partial charge in [-0.15, -0.1) is 0 Å². The maximum absolute atomic E-state index is 12.6. The van der Waals surface area contributed by atoms with E-state index >= 15 is 0 Å². The number of pyridine rings is 1. The minimum Gasteiger partial charge on any atom is -0.507 e. The van der Waals surface area contributed by atoms with Crippen molar-refractivity contribution < 1.29 is 9.52 Å². The topological polar surface area (TPSA) is 64.1 Å². The Bertz CT molecular complexity index is 3730. The number of hydrogen-bond acceptors (Lipinski definition) is 4. The first kappa shape index (κ1) is 42.8. The molecule has 0 amide bonds. The Kier molecular flexibility index (Phi) is 10.1. The molecule has 5 heteroatoms. The van der Waals surface area contributed by atoms with Gasteiger partial charge in [-0.25, -0.2) is 4.98 Å². The SMILES string of the molecule is CC(C)(C)c1cc(-c2nc3c(-c4cc(-c5cc6c(cn5)oc5ccc7ccccc7c56)cc(C(C)(C)c5ccccc5)c4)cccc3n2-c2ccccc2-c2ccccc2)c(O)c(C(C)(C)C)c1. The summed E-state index contributed by atoms with van der Waals surface area (Å²) in [5.74, 6) is 0.924. The molecule has 0 bridgehead atoms. The number of nitrogens with zero attached hydrogens (tertiary/aromatic N) is 3. The summed E-state index contributed by atoms with van der Waals surface area (Å²) in [6.07, 6.45) is 1.87. The summed E-state index contributed by atoms with van der Waals surface area (Å²) in [4.78, 5) is 10.8. The van der Waals surface area contributed by atoms with Crippen molar-refractivity contribution in [1.82, 2.24) is 14.5 Å². The zero-order valence-corrected chi connectivity index (χ0v) is 40.0. The molecule has 0 unspecified atom stereocenters. The van der Waals surface area contributed by atoms with Crippen LogP contribution in [-0.2, 0) is 16.2 Å². The van der Waals surface area contributed by atoms with Crippen molar-refractivity contribution in [3.05, 3.63) is 204 Å². The fraction of sp³-hybridized carbons (Fsp3) is 0.175. The van der Waals surface area contributed by atoms with Crippen LogP contribution in [0.5, 0.6) is 5.75 Å². The van der Waals surface area contributed by atoms with E-state index in [1.807, 2.05) is 6.20 Å². The Morgan fingerprint density at radius 2 is 1.19 bits per heavy atom. The normalized spacial score (nSPS) is 12.5. The van der Waals surface area contributed by atoms with Gasteiger partial charge < -0.3 is 9.52 Å². The summed E-state index contributed by atoms with van der Waals surface area (Å²) in [5, 5.41) is 17.0. The number of para-hydroxylation sites is 2. The van der Waals surface area contributed by atoms with Gasteiger partial charge in [0.05, 0.1) is 34.2 Å². The van der Waals surface area contributed by atoms with E-state index < -0.39 is 0 Å². The third-order valence-electron chi connectivity index (χ3n) is 13.9. The zero-order valence-electron chi connectivity index (χ0n) is 40.0. The molecule has 11 aromatic rings. The van der Waals surface area contributed by atoms with Crippen LogP contribution in [0.2, 0.25) is 0 Å². The van der Waals surface area contributed by atoms with Crippen molar-refractivity contribution in [2.24, 2.45) is 0 Å². The monoisotopic (exact) mass is 885 g/mol. The lowest BCUT2D eigenvalue weighted by atomic mass is 9.76. The maximum Gasteiger partial charge on any atom is 0.153 e. The molecule has 0 spiro atoms. The number of aromatic hydroxyl groups is 1. The number of aromatic nitrogens is 3. The summed E-state index contributed by atoms with van der Waals surface area (Å²) < 4.78 is 8.68. The highest BCUT2D eigenvalue weighted by atomic mass is 16.3. The number of fused-ring (bicyclic) bond motifs is 6. The zero-order chi connectivity index (χ0) is 47.1. The van der Waals surface area contributed by atoms with Gasteiger partial charge in [0.2, 0.25) is 0 Å². The average molecular weight is 886 g/mol. The van der Waals surface area contributed by atoms with Gasteiger partial charge in [-0.1, -0.05) is 189 Å². The van der Waals surface area contributed by atoms with Gasteiger partial charge in [0.15, 0.2) is 5.58 Å². The number of rotatable bonds is 7. The van der Waals surface area contributed by atoms with Crippen LogP contribution in [0, 0.1) is 0 Å². The summed E-state index contributed by atoms with van der Waals surface area (Å²) in [6, 6.07) is 62.3. The molecule has 3 aromatic heterocycles. The van der Waals surface area contributed by atoms with Gasteiger partial charge in [-0.3, -0.25) is 9.55 Å². The Labute approximate surface area is 398 Å². The van der Waals surface area contributed by atoms with Crippen LogP contribution in [0.25, 0.3) is 94.3 Å². The van der Waals surface area contributed by atoms with E-state index in [2.05, 4.69) is 236 Å². The van der Waals surface area contributed by atoms with Gasteiger partial charge in [0.1, 0.15) is 17.2 Å². The van der Waals surface area contributed by atoms with E-state index in [0.717, 1.165) is 94.2 Å². The van der Waals surface area contributed by atoms with Crippen molar-refractivity contribution >= 4 is 43.7 Å². The Morgan fingerprint density at radius 1 is 0.500 bits per heavy atom. The van der Waals surface area contributed by atoms with E-state index in [1.54, 1.807) is 0 Å². The largest absolute Gasteiger partial charge is 0.507 e. The van der Waals surface area contributed by atoms with Crippen LogP contribution in [0.4, 0.5) is 0 Å². The smallest absolute Gasteiger partial charge is 0.153 e. The standard InChI is InChI=1S/C63H55N3O2/c1-61(2,3)44-35-50(59(67)51(36-44)62(4,5)6)60-65-58-48(27-19-29-54(58)66(60)53-28-18-17-25-46(53)39-20-11-9-12-21-39)41-32-42(34-45(33-41)63(7,8)43-23-13-10-14-24-43)52-37-49-56(38-64-52)68-55-31-30-40-22-15-16-26-47(40)57(49)55/h9-38,67H,1-8H3. The van der Waals surface area contributed by atoms with Crippen LogP contribution >= 0.6 is 0 Å². The van der Waals surface area contributed by atoms with Crippen LogP contribution in [-0.4, -0.2) is 19.6 Å². The fourth-order valence-electron chi connectivity index (χ4n) is 10.0. The molecule has 3 heterocycles. The molecule has 11 rings (SSSR count). The first-order chi connectivity index (χ1) is 32.6. The number of hydrogen-bond donors (Lipinski definition) is 1. The molecule has 0 aliphatic carbocycles. The molecule has 5 nitrogen and oxygen atoms in total. The van der Waals surface area contributed by atoms with Gasteiger partial charge in [-0.2, -0.15) is 0 Å². The highest BCUT2D eigenvalue weighted by Gasteiger charge is 2.30. The molecule has 0 atom stereocenters. The molecule has 0 aliphatic rings. The van der Waals surface area contributed by atoms with Crippen molar-refractivity contribution in [2.45, 2.75) is 71.6 Å². The Balaban J connectivity index is 1.21. The first-order valence-corrected chi connectivity index (χ1v) is 23.6. The minimum absolute atomic E-state index is 0.193. The Hall–Kier alpha value is -7.76. The van der Waals surface area contributed by atoms with Crippen LogP contribution in [0.3, 0.4) is 0 Å². The lowest BCUT2D eigenvalue weighted by Gasteiger charge is -2.27. The summed E-state index contributed by atoms with van der Waals surface area (Å²) in [7, 11) is 0. The molecule has 0 radical (unpaired) electrons. The lowest BCUT2D eigenvalue weighted by Crippen LogP contribution is -2.19. The quantitative estimate of drug-likeness (QED) is 0.173. The van der Waals surface area contributed by atoms with Crippen molar-refractivity contribution in [3.63, 3.8) is 0 Å². The first-order valence-electron chi connectivity index (χ1n) is 23.6. The van der Waals surface area contributed by atoms with Crippen molar-refractivity contribution in [3.8, 4) is 56.3 Å². The third-order valence-corrected chi connectivity index (χ3v) is 13.9. The highest BCUT2D eigenvalue weighted by Crippen LogP contribution is 2.46. The molecule has 8 aromatic carbocycles. The number of phenols is 1. The van der Waals surface area contributed by atoms with Crippen LogP contribution < -0.4 is 0 Å². The maximum atomic E-state index is 12.6. The van der Waals surface area contributed by atoms with E-state index in [9.17, 15) is 5.11 Å². The number of phenolic OH excluding ortho intramolecular Hbond substituents is 1. The van der Waals surface area contributed by atoms with E-state index in [1.165, 1.54) is 10.9 Å². The van der Waals surface area contributed by atoms with Crippen molar-refractivity contribution in [1.29, 1.82) is 0 Å². The number of benzene rings is 8. The number of furan rings is 1. The molecule has 1 N–H and O–H groups in total. The van der Waals surface area contributed by atoms with Gasteiger partial charge in [0.25, 0.3) is 0 Å². The molecule has 0 fully saturated rings. The van der Waals surface area contributed by atoms with Crippen LogP contribution in [0.15, 0.2) is 187 Å². The second kappa shape index (κ2) is 16.0. The van der Waals surface area contributed by atoms with Gasteiger partial charge in [0, 0.05) is 38.4 Å². The van der Waals surface area contributed by atoms with E-state index in [4.69, 9.17) is 14.4 Å². The minimum atomic E-state index is -0.371. The van der Waals surface area contributed by atoms with E-state index in [-0.39, 0.29) is 22.0 Å². The predicted molar refractivity (Wildman–Crippen MR) is 283 cm³/mol. The van der Waals surface area contributed by atoms with E-state index in [0.29, 0.717) is 11.4 Å². The Morgan fingerprint density at radius 3 is 1.96 bits per heavy atom. The predicted octanol–water partition coefficient (Wildman–Crippen LogP) is 16.8. The van der Waals surface area contributed by atoms with Gasteiger partial charge >= 0.3 is 0 Å².